The highest BCUT2D eigenvalue weighted by molar-refractivity contribution is 9.10. The summed E-state index contributed by atoms with van der Waals surface area (Å²) < 4.78 is 6.43. The van der Waals surface area contributed by atoms with E-state index in [-0.39, 0.29) is 6.09 Å². The minimum Gasteiger partial charge on any atom is -0.444 e. The van der Waals surface area contributed by atoms with Gasteiger partial charge < -0.3 is 9.64 Å². The molecule has 0 atom stereocenters. The summed E-state index contributed by atoms with van der Waals surface area (Å²) in [5, 5.41) is 0.727. The third-order valence-corrected chi connectivity index (χ3v) is 4.41. The van der Waals surface area contributed by atoms with Crippen LogP contribution in [-0.2, 0) is 11.3 Å². The molecule has 6 heteroatoms. The molecule has 1 aromatic carbocycles. The normalized spacial score (nSPS) is 16.7. The van der Waals surface area contributed by atoms with Gasteiger partial charge in [0.15, 0.2) is 0 Å². The van der Waals surface area contributed by atoms with Gasteiger partial charge in [0.1, 0.15) is 5.60 Å². The molecule has 1 aliphatic rings. The molecule has 2 rings (SSSR count). The van der Waals surface area contributed by atoms with Crippen LogP contribution < -0.4 is 0 Å². The molecule has 1 amide bonds. The summed E-state index contributed by atoms with van der Waals surface area (Å²) in [5.41, 5.74) is 0.762. The van der Waals surface area contributed by atoms with Crippen LogP contribution in [0, 0.1) is 0 Å². The van der Waals surface area contributed by atoms with Crippen LogP contribution >= 0.6 is 27.5 Å². The summed E-state index contributed by atoms with van der Waals surface area (Å²) in [6.07, 6.45) is -0.222. The number of benzene rings is 1. The summed E-state index contributed by atoms with van der Waals surface area (Å²) in [7, 11) is 0. The number of hydrogen-bond acceptors (Lipinski definition) is 3. The largest absolute Gasteiger partial charge is 0.444 e. The Balaban J connectivity index is 1.86. The van der Waals surface area contributed by atoms with Gasteiger partial charge in [0, 0.05) is 42.2 Å². The second-order valence-corrected chi connectivity index (χ2v) is 7.77. The Morgan fingerprint density at radius 2 is 1.91 bits per heavy atom. The van der Waals surface area contributed by atoms with Gasteiger partial charge in [0.05, 0.1) is 0 Å². The van der Waals surface area contributed by atoms with Crippen molar-refractivity contribution in [2.75, 3.05) is 26.2 Å². The van der Waals surface area contributed by atoms with E-state index in [9.17, 15) is 4.79 Å². The predicted molar refractivity (Wildman–Crippen MR) is 92.2 cm³/mol. The highest BCUT2D eigenvalue weighted by atomic mass is 79.9. The molecule has 1 fully saturated rings. The first kappa shape index (κ1) is 17.6. The molecule has 0 saturated carbocycles. The highest BCUT2D eigenvalue weighted by Crippen LogP contribution is 2.23. The molecule has 0 aromatic heterocycles. The Morgan fingerprint density at radius 3 is 2.45 bits per heavy atom. The van der Waals surface area contributed by atoms with Crippen molar-refractivity contribution in [1.29, 1.82) is 0 Å². The molecule has 0 aliphatic carbocycles. The van der Waals surface area contributed by atoms with Crippen LogP contribution in [0.2, 0.25) is 5.02 Å². The molecule has 0 N–H and O–H groups in total. The van der Waals surface area contributed by atoms with E-state index < -0.39 is 5.60 Å². The zero-order valence-electron chi connectivity index (χ0n) is 13.2. The molecule has 0 unspecified atom stereocenters. The third kappa shape index (κ3) is 5.14. The first-order valence-corrected chi connectivity index (χ1v) is 8.56. The molecule has 0 radical (unpaired) electrons. The fourth-order valence-electron chi connectivity index (χ4n) is 2.31. The average molecular weight is 390 g/mol. The summed E-state index contributed by atoms with van der Waals surface area (Å²) in [6, 6.07) is 5.85. The van der Waals surface area contributed by atoms with Gasteiger partial charge in [0.25, 0.3) is 0 Å². The summed E-state index contributed by atoms with van der Waals surface area (Å²) >= 11 is 9.51. The topological polar surface area (TPSA) is 32.8 Å². The minimum absolute atomic E-state index is 0.222. The van der Waals surface area contributed by atoms with Crippen LogP contribution in [0.25, 0.3) is 0 Å². The molecule has 1 aromatic rings. The van der Waals surface area contributed by atoms with Crippen molar-refractivity contribution in [2.45, 2.75) is 32.9 Å². The molecule has 22 heavy (non-hydrogen) atoms. The van der Waals surface area contributed by atoms with E-state index in [2.05, 4.69) is 20.8 Å². The number of rotatable bonds is 2. The molecule has 0 bridgehead atoms. The standard InChI is InChI=1S/C16H22BrClN2O2/c1-16(2,3)22-15(21)20-8-6-19(7-9-20)11-12-4-5-13(18)10-14(12)17/h4-5,10H,6-9,11H2,1-3H3. The van der Waals surface area contributed by atoms with Crippen molar-refractivity contribution in [3.8, 4) is 0 Å². The van der Waals surface area contributed by atoms with Crippen molar-refractivity contribution in [2.24, 2.45) is 0 Å². The van der Waals surface area contributed by atoms with E-state index in [0.29, 0.717) is 13.1 Å². The number of ether oxygens (including phenoxy) is 1. The smallest absolute Gasteiger partial charge is 0.410 e. The lowest BCUT2D eigenvalue weighted by Gasteiger charge is -2.35. The van der Waals surface area contributed by atoms with Crippen molar-refractivity contribution >= 4 is 33.6 Å². The molecular weight excluding hydrogens is 368 g/mol. The predicted octanol–water partition coefficient (Wildman–Crippen LogP) is 4.16. The fourth-order valence-corrected chi connectivity index (χ4v) is 3.11. The number of carbonyl (C=O) groups is 1. The zero-order valence-corrected chi connectivity index (χ0v) is 15.6. The second-order valence-electron chi connectivity index (χ2n) is 6.48. The number of piperazine rings is 1. The Kier molecular flexibility index (Phi) is 5.75. The lowest BCUT2D eigenvalue weighted by molar-refractivity contribution is 0.0139. The van der Waals surface area contributed by atoms with Crippen LogP contribution in [0.4, 0.5) is 4.79 Å². The first-order chi connectivity index (χ1) is 10.2. The molecular formula is C16H22BrClN2O2. The van der Waals surface area contributed by atoms with E-state index in [4.69, 9.17) is 16.3 Å². The van der Waals surface area contributed by atoms with E-state index in [0.717, 1.165) is 29.1 Å². The zero-order chi connectivity index (χ0) is 16.3. The van der Waals surface area contributed by atoms with E-state index >= 15 is 0 Å². The highest BCUT2D eigenvalue weighted by Gasteiger charge is 2.25. The van der Waals surface area contributed by atoms with Crippen molar-refractivity contribution in [3.63, 3.8) is 0 Å². The van der Waals surface area contributed by atoms with Gasteiger partial charge in [-0.2, -0.15) is 0 Å². The Hall–Kier alpha value is -0.780. The summed E-state index contributed by atoms with van der Waals surface area (Å²) in [6.45, 7) is 9.58. The lowest BCUT2D eigenvalue weighted by Crippen LogP contribution is -2.49. The fraction of sp³-hybridized carbons (Fsp3) is 0.562. The van der Waals surface area contributed by atoms with Gasteiger partial charge in [-0.1, -0.05) is 33.6 Å². The minimum atomic E-state index is -0.442. The number of carbonyl (C=O) groups excluding carboxylic acids is 1. The van der Waals surface area contributed by atoms with E-state index in [1.54, 1.807) is 4.90 Å². The van der Waals surface area contributed by atoms with Crippen molar-refractivity contribution in [3.05, 3.63) is 33.3 Å². The third-order valence-electron chi connectivity index (χ3n) is 3.43. The maximum absolute atomic E-state index is 12.0. The molecule has 0 spiro atoms. The monoisotopic (exact) mass is 388 g/mol. The maximum Gasteiger partial charge on any atom is 0.410 e. The average Bonchev–Trinajstić information content (AvgIpc) is 2.41. The van der Waals surface area contributed by atoms with Crippen LogP contribution in [0.15, 0.2) is 22.7 Å². The van der Waals surface area contributed by atoms with Gasteiger partial charge in [-0.25, -0.2) is 4.79 Å². The van der Waals surface area contributed by atoms with Gasteiger partial charge in [0.2, 0.25) is 0 Å². The molecule has 122 valence electrons. The van der Waals surface area contributed by atoms with Crippen molar-refractivity contribution in [1.82, 2.24) is 9.80 Å². The van der Waals surface area contributed by atoms with Crippen molar-refractivity contribution < 1.29 is 9.53 Å². The molecule has 4 nitrogen and oxygen atoms in total. The second kappa shape index (κ2) is 7.20. The Morgan fingerprint density at radius 1 is 1.27 bits per heavy atom. The van der Waals surface area contributed by atoms with Crippen LogP contribution in [0.5, 0.6) is 0 Å². The first-order valence-electron chi connectivity index (χ1n) is 7.39. The maximum atomic E-state index is 12.0. The molecule has 1 heterocycles. The number of amides is 1. The van der Waals surface area contributed by atoms with E-state index in [1.165, 1.54) is 5.56 Å². The number of halogens is 2. The summed E-state index contributed by atoms with van der Waals surface area (Å²) in [4.78, 5) is 16.1. The van der Waals surface area contributed by atoms with Gasteiger partial charge in [-0.05, 0) is 38.5 Å². The number of nitrogens with zero attached hydrogens (tertiary/aromatic N) is 2. The van der Waals surface area contributed by atoms with Gasteiger partial charge in [-0.15, -0.1) is 0 Å². The van der Waals surface area contributed by atoms with Gasteiger partial charge >= 0.3 is 6.09 Å². The van der Waals surface area contributed by atoms with E-state index in [1.807, 2.05) is 39.0 Å². The van der Waals surface area contributed by atoms with Crippen LogP contribution in [0.1, 0.15) is 26.3 Å². The quantitative estimate of drug-likeness (QED) is 0.761. The summed E-state index contributed by atoms with van der Waals surface area (Å²) in [5.74, 6) is 0. The lowest BCUT2D eigenvalue weighted by atomic mass is 10.2. The van der Waals surface area contributed by atoms with Crippen LogP contribution in [-0.4, -0.2) is 47.7 Å². The Bertz CT molecular complexity index is 537. The molecule has 1 aliphatic heterocycles. The number of hydrogen-bond donors (Lipinski definition) is 0. The van der Waals surface area contributed by atoms with Crippen LogP contribution in [0.3, 0.4) is 0 Å². The van der Waals surface area contributed by atoms with Gasteiger partial charge in [-0.3, -0.25) is 4.90 Å². The Labute approximate surface area is 145 Å². The SMILES string of the molecule is CC(C)(C)OC(=O)N1CCN(Cc2ccc(Cl)cc2Br)CC1. The molecule has 1 saturated heterocycles.